The molecule has 0 aliphatic carbocycles. The van der Waals surface area contributed by atoms with Crippen LogP contribution in [0.5, 0.6) is 11.6 Å². The molecular weight excluding hydrogens is 306 g/mol. The van der Waals surface area contributed by atoms with Gasteiger partial charge in [0, 0.05) is 23.5 Å². The molecule has 2 aromatic heterocycles. The Morgan fingerprint density at radius 1 is 1.00 bits per heavy atom. The van der Waals surface area contributed by atoms with Crippen LogP contribution in [0, 0.1) is 0 Å². The topological polar surface area (TPSA) is 61.0 Å². The molecule has 0 bridgehead atoms. The van der Waals surface area contributed by atoms with Gasteiger partial charge in [0.1, 0.15) is 5.52 Å². The fourth-order valence-corrected chi connectivity index (χ4v) is 2.14. The van der Waals surface area contributed by atoms with Crippen molar-refractivity contribution in [3.8, 4) is 11.6 Å². The molecule has 4 nitrogen and oxygen atoms in total. The molecule has 0 aliphatic heterocycles. The second-order valence-corrected chi connectivity index (χ2v) is 4.80. The molecule has 3 aromatic rings. The lowest BCUT2D eigenvalue weighted by Gasteiger charge is -2.09. The Morgan fingerprint density at radius 3 is 2.63 bits per heavy atom. The second kappa shape index (κ2) is 4.85. The molecule has 0 atom stereocenters. The molecule has 0 amide bonds. The molecule has 5 heteroatoms. The van der Waals surface area contributed by atoms with Crippen LogP contribution < -0.4 is 10.5 Å². The predicted molar refractivity (Wildman–Crippen MR) is 78.2 cm³/mol. The summed E-state index contributed by atoms with van der Waals surface area (Å²) in [5, 5.41) is 0.868. The zero-order valence-electron chi connectivity index (χ0n) is 9.88. The molecule has 0 radical (unpaired) electrons. The quantitative estimate of drug-likeness (QED) is 0.731. The van der Waals surface area contributed by atoms with Gasteiger partial charge in [-0.25, -0.2) is 4.98 Å². The summed E-state index contributed by atoms with van der Waals surface area (Å²) < 4.78 is 6.59. The Kier molecular flexibility index (Phi) is 3.05. The van der Waals surface area contributed by atoms with E-state index in [9.17, 15) is 0 Å². The van der Waals surface area contributed by atoms with Gasteiger partial charge in [0.2, 0.25) is 5.88 Å². The van der Waals surface area contributed by atoms with Crippen LogP contribution >= 0.6 is 15.9 Å². The molecule has 0 unspecified atom stereocenters. The van der Waals surface area contributed by atoms with Crippen molar-refractivity contribution in [2.24, 2.45) is 0 Å². The van der Waals surface area contributed by atoms with Gasteiger partial charge < -0.3 is 10.5 Å². The van der Waals surface area contributed by atoms with Crippen LogP contribution in [0.15, 0.2) is 53.3 Å². The van der Waals surface area contributed by atoms with Gasteiger partial charge in [-0.3, -0.25) is 4.98 Å². The number of fused-ring (bicyclic) bond motifs is 1. The Bertz CT molecular complexity index is 746. The van der Waals surface area contributed by atoms with Gasteiger partial charge in [-0.1, -0.05) is 0 Å². The zero-order chi connectivity index (χ0) is 13.2. The molecule has 1 aromatic carbocycles. The van der Waals surface area contributed by atoms with Crippen molar-refractivity contribution in [2.75, 3.05) is 5.73 Å². The minimum atomic E-state index is 0.499. The summed E-state index contributed by atoms with van der Waals surface area (Å²) in [6, 6.07) is 11.1. The first-order valence-corrected chi connectivity index (χ1v) is 6.46. The lowest BCUT2D eigenvalue weighted by atomic mass is 10.2. The van der Waals surface area contributed by atoms with E-state index in [2.05, 4.69) is 25.9 Å². The number of anilines is 1. The summed E-state index contributed by atoms with van der Waals surface area (Å²) in [7, 11) is 0. The number of nitrogens with zero attached hydrogens (tertiary/aromatic N) is 2. The maximum absolute atomic E-state index is 5.93. The number of nitrogen functional groups attached to an aromatic ring is 1. The molecule has 19 heavy (non-hydrogen) atoms. The third-order valence-electron chi connectivity index (χ3n) is 2.70. The Morgan fingerprint density at radius 2 is 1.79 bits per heavy atom. The lowest BCUT2D eigenvalue weighted by Crippen LogP contribution is -1.94. The number of hydrogen-bond donors (Lipinski definition) is 1. The number of ether oxygens (including phenoxy) is 1. The molecule has 0 fully saturated rings. The average Bonchev–Trinajstić information content (AvgIpc) is 2.44. The Labute approximate surface area is 118 Å². The fourth-order valence-electron chi connectivity index (χ4n) is 1.80. The minimum Gasteiger partial charge on any atom is -0.436 e. The summed E-state index contributed by atoms with van der Waals surface area (Å²) in [6.45, 7) is 0. The first-order chi connectivity index (χ1) is 9.25. The smallest absolute Gasteiger partial charge is 0.233 e. The van der Waals surface area contributed by atoms with Crippen molar-refractivity contribution < 1.29 is 4.74 Å². The highest BCUT2D eigenvalue weighted by molar-refractivity contribution is 9.10. The van der Waals surface area contributed by atoms with Crippen molar-refractivity contribution in [2.45, 2.75) is 0 Å². The van der Waals surface area contributed by atoms with Gasteiger partial charge in [0.15, 0.2) is 5.75 Å². The number of pyridine rings is 2. The zero-order valence-corrected chi connectivity index (χ0v) is 11.5. The van der Waals surface area contributed by atoms with Gasteiger partial charge >= 0.3 is 0 Å². The van der Waals surface area contributed by atoms with E-state index in [1.54, 1.807) is 24.5 Å². The molecule has 2 N–H and O–H groups in total. The molecule has 0 saturated heterocycles. The summed E-state index contributed by atoms with van der Waals surface area (Å²) in [6.07, 6.45) is 3.38. The van der Waals surface area contributed by atoms with E-state index in [-0.39, 0.29) is 0 Å². The molecular formula is C14H10BrN3O. The summed E-state index contributed by atoms with van der Waals surface area (Å²) in [5.74, 6) is 1.13. The summed E-state index contributed by atoms with van der Waals surface area (Å²) >= 11 is 3.40. The van der Waals surface area contributed by atoms with Gasteiger partial charge in [0.05, 0.1) is 4.47 Å². The first-order valence-electron chi connectivity index (χ1n) is 5.67. The van der Waals surface area contributed by atoms with Crippen LogP contribution in [0.1, 0.15) is 0 Å². The second-order valence-electron chi connectivity index (χ2n) is 3.94. The van der Waals surface area contributed by atoms with E-state index in [4.69, 9.17) is 10.5 Å². The predicted octanol–water partition coefficient (Wildman–Crippen LogP) is 3.77. The van der Waals surface area contributed by atoms with Gasteiger partial charge in [-0.15, -0.1) is 0 Å². The maximum atomic E-state index is 5.93. The Balaban J connectivity index is 2.12. The van der Waals surface area contributed by atoms with Crippen LogP contribution in [-0.2, 0) is 0 Å². The third kappa shape index (κ3) is 2.24. The third-order valence-corrected chi connectivity index (χ3v) is 3.30. The van der Waals surface area contributed by atoms with Gasteiger partial charge in [-0.2, -0.15) is 0 Å². The number of aromatic nitrogens is 2. The van der Waals surface area contributed by atoms with E-state index < -0.39 is 0 Å². The lowest BCUT2D eigenvalue weighted by molar-refractivity contribution is 0.464. The number of rotatable bonds is 2. The minimum absolute atomic E-state index is 0.499. The van der Waals surface area contributed by atoms with Crippen molar-refractivity contribution in [1.82, 2.24) is 9.97 Å². The normalized spacial score (nSPS) is 10.6. The van der Waals surface area contributed by atoms with Crippen LogP contribution in [0.3, 0.4) is 0 Å². The average molecular weight is 316 g/mol. The van der Waals surface area contributed by atoms with Crippen molar-refractivity contribution in [1.29, 1.82) is 0 Å². The van der Waals surface area contributed by atoms with Gasteiger partial charge in [-0.05, 0) is 52.3 Å². The number of benzene rings is 1. The molecule has 94 valence electrons. The van der Waals surface area contributed by atoms with Crippen LogP contribution in [0.4, 0.5) is 5.69 Å². The van der Waals surface area contributed by atoms with E-state index >= 15 is 0 Å². The fraction of sp³-hybridized carbons (Fsp3) is 0. The molecule has 0 spiro atoms. The largest absolute Gasteiger partial charge is 0.436 e. The molecule has 2 heterocycles. The number of halogens is 1. The number of hydrogen-bond acceptors (Lipinski definition) is 4. The number of nitrogens with two attached hydrogens (primary N) is 1. The highest BCUT2D eigenvalue weighted by Crippen LogP contribution is 2.33. The standard InChI is InChI=1S/C14H10BrN3O/c15-10-4-2-8-18-14(10)19-12-6-5-11(16)9-3-1-7-17-13(9)12/h1-8H,16H2. The van der Waals surface area contributed by atoms with E-state index in [1.165, 1.54) is 0 Å². The van der Waals surface area contributed by atoms with Crippen LogP contribution in [0.2, 0.25) is 0 Å². The van der Waals surface area contributed by atoms with E-state index in [0.29, 0.717) is 17.3 Å². The van der Waals surface area contributed by atoms with Gasteiger partial charge in [0.25, 0.3) is 0 Å². The summed E-state index contributed by atoms with van der Waals surface area (Å²) in [4.78, 5) is 8.49. The highest BCUT2D eigenvalue weighted by atomic mass is 79.9. The summed E-state index contributed by atoms with van der Waals surface area (Å²) in [5.41, 5.74) is 7.33. The monoisotopic (exact) mass is 315 g/mol. The Hall–Kier alpha value is -2.14. The van der Waals surface area contributed by atoms with E-state index in [1.807, 2.05) is 24.3 Å². The highest BCUT2D eigenvalue weighted by Gasteiger charge is 2.09. The van der Waals surface area contributed by atoms with Crippen molar-refractivity contribution in [3.05, 3.63) is 53.3 Å². The molecule has 3 rings (SSSR count). The van der Waals surface area contributed by atoms with Crippen molar-refractivity contribution >= 4 is 32.5 Å². The first kappa shape index (κ1) is 11.9. The molecule has 0 saturated carbocycles. The van der Waals surface area contributed by atoms with Crippen LogP contribution in [-0.4, -0.2) is 9.97 Å². The SMILES string of the molecule is Nc1ccc(Oc2ncccc2Br)c2ncccc12. The van der Waals surface area contributed by atoms with Crippen molar-refractivity contribution in [3.63, 3.8) is 0 Å². The maximum Gasteiger partial charge on any atom is 0.233 e. The van der Waals surface area contributed by atoms with E-state index in [0.717, 1.165) is 15.4 Å². The molecule has 0 aliphatic rings. The van der Waals surface area contributed by atoms with Crippen LogP contribution in [0.25, 0.3) is 10.9 Å².